The number of nitrogens with one attached hydrogen (secondary N) is 1. The molecule has 0 aromatic heterocycles. The first-order valence-corrected chi connectivity index (χ1v) is 7.07. The normalized spacial score (nSPS) is 20.0. The maximum absolute atomic E-state index is 12.1. The van der Waals surface area contributed by atoms with Crippen LogP contribution in [0, 0.1) is 0 Å². The number of nitrogens with zero attached hydrogens (tertiary/aromatic N) is 1. The zero-order valence-electron chi connectivity index (χ0n) is 11.7. The highest BCUT2D eigenvalue weighted by atomic mass is 16.6. The zero-order chi connectivity index (χ0) is 14.7. The first kappa shape index (κ1) is 13.7. The summed E-state index contributed by atoms with van der Waals surface area (Å²) in [6, 6.07) is 9.28. The molecule has 6 nitrogen and oxygen atoms in total. The predicted octanol–water partition coefficient (Wildman–Crippen LogP) is 1.17. The Morgan fingerprint density at radius 1 is 1.29 bits per heavy atom. The van der Waals surface area contributed by atoms with Crippen molar-refractivity contribution in [2.75, 3.05) is 26.3 Å². The van der Waals surface area contributed by atoms with Gasteiger partial charge in [-0.3, -0.25) is 4.79 Å². The SMILES string of the molecule is O=C1NC2(CCN(C(=O)COc3ccccc3)CC2)CO1. The minimum absolute atomic E-state index is 0.0288. The molecule has 0 bridgehead atoms. The van der Waals surface area contributed by atoms with Gasteiger partial charge < -0.3 is 19.7 Å². The lowest BCUT2D eigenvalue weighted by molar-refractivity contribution is -0.135. The van der Waals surface area contributed by atoms with E-state index in [0.29, 0.717) is 25.4 Å². The van der Waals surface area contributed by atoms with Gasteiger partial charge in [-0.25, -0.2) is 4.79 Å². The average molecular weight is 290 g/mol. The number of benzene rings is 1. The quantitative estimate of drug-likeness (QED) is 0.907. The van der Waals surface area contributed by atoms with Gasteiger partial charge in [0.1, 0.15) is 12.4 Å². The van der Waals surface area contributed by atoms with Crippen molar-refractivity contribution in [2.24, 2.45) is 0 Å². The van der Waals surface area contributed by atoms with Crippen LogP contribution in [0.4, 0.5) is 4.79 Å². The fourth-order valence-corrected chi connectivity index (χ4v) is 2.70. The molecule has 112 valence electrons. The van der Waals surface area contributed by atoms with Gasteiger partial charge in [-0.05, 0) is 25.0 Å². The third-order valence-electron chi connectivity index (χ3n) is 4.03. The predicted molar refractivity (Wildman–Crippen MR) is 75.0 cm³/mol. The van der Waals surface area contributed by atoms with Gasteiger partial charge in [-0.15, -0.1) is 0 Å². The van der Waals surface area contributed by atoms with Crippen molar-refractivity contribution in [3.63, 3.8) is 0 Å². The highest BCUT2D eigenvalue weighted by molar-refractivity contribution is 5.78. The van der Waals surface area contributed by atoms with Gasteiger partial charge in [0.2, 0.25) is 0 Å². The van der Waals surface area contributed by atoms with Gasteiger partial charge in [0.25, 0.3) is 5.91 Å². The number of piperidine rings is 1. The van der Waals surface area contributed by atoms with Gasteiger partial charge in [0.05, 0.1) is 5.54 Å². The molecule has 1 aromatic carbocycles. The van der Waals surface area contributed by atoms with E-state index in [-0.39, 0.29) is 24.1 Å². The van der Waals surface area contributed by atoms with Crippen molar-refractivity contribution < 1.29 is 19.1 Å². The standard InChI is InChI=1S/C15H18N2O4/c18-13(10-20-12-4-2-1-3-5-12)17-8-6-15(7-9-17)11-21-14(19)16-15/h1-5H,6-11H2,(H,16,19). The Labute approximate surface area is 123 Å². The molecule has 2 amide bonds. The number of hydrogen-bond acceptors (Lipinski definition) is 4. The van der Waals surface area contributed by atoms with E-state index in [1.807, 2.05) is 30.3 Å². The van der Waals surface area contributed by atoms with Crippen LogP contribution in [-0.2, 0) is 9.53 Å². The lowest BCUT2D eigenvalue weighted by atomic mass is 9.89. The molecule has 2 fully saturated rings. The van der Waals surface area contributed by atoms with Crippen LogP contribution < -0.4 is 10.1 Å². The van der Waals surface area contributed by atoms with Crippen molar-refractivity contribution in [2.45, 2.75) is 18.4 Å². The van der Waals surface area contributed by atoms with Crippen molar-refractivity contribution >= 4 is 12.0 Å². The molecule has 0 aliphatic carbocycles. The fourth-order valence-electron chi connectivity index (χ4n) is 2.70. The molecule has 1 N–H and O–H groups in total. The maximum Gasteiger partial charge on any atom is 0.407 e. The van der Waals surface area contributed by atoms with Gasteiger partial charge in [0, 0.05) is 13.1 Å². The lowest BCUT2D eigenvalue weighted by Gasteiger charge is -2.37. The molecule has 2 saturated heterocycles. The molecule has 2 aliphatic rings. The number of carbonyl (C=O) groups is 2. The van der Waals surface area contributed by atoms with E-state index < -0.39 is 0 Å². The second kappa shape index (κ2) is 5.63. The molecular formula is C15H18N2O4. The van der Waals surface area contributed by atoms with Gasteiger partial charge >= 0.3 is 6.09 Å². The summed E-state index contributed by atoms with van der Waals surface area (Å²) in [6.45, 7) is 1.66. The Hall–Kier alpha value is -2.24. The minimum atomic E-state index is -0.359. The van der Waals surface area contributed by atoms with Crippen LogP contribution in [0.25, 0.3) is 0 Å². The van der Waals surface area contributed by atoms with Crippen LogP contribution in [0.15, 0.2) is 30.3 Å². The summed E-state index contributed by atoms with van der Waals surface area (Å²) >= 11 is 0. The number of hydrogen-bond donors (Lipinski definition) is 1. The summed E-state index contributed by atoms with van der Waals surface area (Å²) < 4.78 is 10.4. The number of cyclic esters (lactones) is 1. The van der Waals surface area contributed by atoms with Crippen LogP contribution >= 0.6 is 0 Å². The Morgan fingerprint density at radius 2 is 2.00 bits per heavy atom. The topological polar surface area (TPSA) is 67.9 Å². The molecule has 0 unspecified atom stereocenters. The fraction of sp³-hybridized carbons (Fsp3) is 0.467. The van der Waals surface area contributed by atoms with Crippen molar-refractivity contribution in [3.8, 4) is 5.75 Å². The molecular weight excluding hydrogens is 272 g/mol. The van der Waals surface area contributed by atoms with E-state index in [0.717, 1.165) is 12.8 Å². The highest BCUT2D eigenvalue weighted by Gasteiger charge is 2.42. The van der Waals surface area contributed by atoms with E-state index in [1.54, 1.807) is 4.90 Å². The van der Waals surface area contributed by atoms with E-state index >= 15 is 0 Å². The van der Waals surface area contributed by atoms with Crippen LogP contribution in [0.5, 0.6) is 5.75 Å². The number of alkyl carbamates (subject to hydrolysis) is 1. The van der Waals surface area contributed by atoms with E-state index in [2.05, 4.69) is 5.32 Å². The molecule has 0 radical (unpaired) electrons. The maximum atomic E-state index is 12.1. The molecule has 0 saturated carbocycles. The summed E-state index contributed by atoms with van der Waals surface area (Å²) in [5.74, 6) is 0.662. The summed E-state index contributed by atoms with van der Waals surface area (Å²) in [4.78, 5) is 25.1. The van der Waals surface area contributed by atoms with Crippen molar-refractivity contribution in [1.82, 2.24) is 10.2 Å². The summed E-state index contributed by atoms with van der Waals surface area (Å²) in [7, 11) is 0. The van der Waals surface area contributed by atoms with Crippen molar-refractivity contribution in [1.29, 1.82) is 0 Å². The molecule has 21 heavy (non-hydrogen) atoms. The van der Waals surface area contributed by atoms with Crippen LogP contribution in [0.2, 0.25) is 0 Å². The Morgan fingerprint density at radius 3 is 2.62 bits per heavy atom. The molecule has 0 atom stereocenters. The third kappa shape index (κ3) is 3.09. The van der Waals surface area contributed by atoms with E-state index in [9.17, 15) is 9.59 Å². The number of rotatable bonds is 3. The Balaban J connectivity index is 1.48. The van der Waals surface area contributed by atoms with E-state index in [4.69, 9.17) is 9.47 Å². The van der Waals surface area contributed by atoms with Crippen LogP contribution in [0.3, 0.4) is 0 Å². The second-order valence-electron chi connectivity index (χ2n) is 5.46. The first-order chi connectivity index (χ1) is 10.2. The second-order valence-corrected chi connectivity index (χ2v) is 5.46. The minimum Gasteiger partial charge on any atom is -0.484 e. The number of likely N-dealkylation sites (tertiary alicyclic amines) is 1. The van der Waals surface area contributed by atoms with Crippen LogP contribution in [0.1, 0.15) is 12.8 Å². The number of amides is 2. The Bertz CT molecular complexity index is 524. The van der Waals surface area contributed by atoms with E-state index in [1.165, 1.54) is 0 Å². The smallest absolute Gasteiger partial charge is 0.407 e. The van der Waals surface area contributed by atoms with Crippen LogP contribution in [-0.4, -0.2) is 48.7 Å². The molecule has 2 heterocycles. The summed E-state index contributed by atoms with van der Waals surface area (Å²) in [5, 5.41) is 2.86. The summed E-state index contributed by atoms with van der Waals surface area (Å²) in [5.41, 5.74) is -0.284. The van der Waals surface area contributed by atoms with Gasteiger partial charge in [-0.1, -0.05) is 18.2 Å². The number of ether oxygens (including phenoxy) is 2. The molecule has 3 rings (SSSR count). The average Bonchev–Trinajstić information content (AvgIpc) is 2.87. The zero-order valence-corrected chi connectivity index (χ0v) is 11.7. The molecule has 6 heteroatoms. The summed E-state index contributed by atoms with van der Waals surface area (Å²) in [6.07, 6.45) is 1.08. The van der Waals surface area contributed by atoms with Crippen molar-refractivity contribution in [3.05, 3.63) is 30.3 Å². The highest BCUT2D eigenvalue weighted by Crippen LogP contribution is 2.26. The molecule has 2 aliphatic heterocycles. The third-order valence-corrected chi connectivity index (χ3v) is 4.03. The number of carbonyl (C=O) groups excluding carboxylic acids is 2. The molecule has 1 spiro atoms. The van der Waals surface area contributed by atoms with Gasteiger partial charge in [0.15, 0.2) is 6.61 Å². The molecule has 1 aromatic rings. The monoisotopic (exact) mass is 290 g/mol. The lowest BCUT2D eigenvalue weighted by Crippen LogP contribution is -2.54. The number of para-hydroxylation sites is 1. The largest absolute Gasteiger partial charge is 0.484 e. The first-order valence-electron chi connectivity index (χ1n) is 7.07. The van der Waals surface area contributed by atoms with Gasteiger partial charge in [-0.2, -0.15) is 0 Å². The Kier molecular flexibility index (Phi) is 3.68.